The van der Waals surface area contributed by atoms with Gasteiger partial charge in [0.25, 0.3) is 0 Å². The average molecular weight is 363 g/mol. The zero-order valence-corrected chi connectivity index (χ0v) is 15.6. The van der Waals surface area contributed by atoms with E-state index in [4.69, 9.17) is 11.6 Å². The zero-order valence-electron chi connectivity index (χ0n) is 15.6. The van der Waals surface area contributed by atoms with Crippen LogP contribution >= 0.6 is 0 Å². The number of fused-ring (bicyclic) bond motifs is 1. The second kappa shape index (κ2) is 7.60. The molecule has 0 aromatic heterocycles. The Labute approximate surface area is 159 Å². The van der Waals surface area contributed by atoms with Crippen LogP contribution in [0.4, 0.5) is 0 Å². The molecule has 0 aliphatic rings. The number of phenolic OH excluding ortho intramolecular Hbond substituents is 2. The number of hydrogen-bond acceptors (Lipinski definition) is 5. The zero-order chi connectivity index (χ0) is 19.6. The van der Waals surface area contributed by atoms with E-state index in [9.17, 15) is 10.2 Å². The van der Waals surface area contributed by atoms with Gasteiger partial charge in [-0.3, -0.25) is 0 Å². The predicted molar refractivity (Wildman–Crippen MR) is 110 cm³/mol. The summed E-state index contributed by atoms with van der Waals surface area (Å²) in [6.07, 6.45) is 1.59. The molecule has 0 saturated heterocycles. The molecule has 0 amide bonds. The quantitative estimate of drug-likeness (QED) is 0.406. The van der Waals surface area contributed by atoms with E-state index in [1.807, 2.05) is 32.0 Å². The van der Waals surface area contributed by atoms with Crippen molar-refractivity contribution in [1.82, 2.24) is 5.01 Å². The van der Waals surface area contributed by atoms with Crippen LogP contribution in [0.1, 0.15) is 36.5 Å². The second-order valence-electron chi connectivity index (χ2n) is 7.02. The van der Waals surface area contributed by atoms with Gasteiger partial charge in [-0.25, -0.2) is 5.84 Å². The van der Waals surface area contributed by atoms with E-state index in [0.717, 1.165) is 16.5 Å². The summed E-state index contributed by atoms with van der Waals surface area (Å²) in [5.41, 5.74) is 8.71. The van der Waals surface area contributed by atoms with Gasteiger partial charge in [0.15, 0.2) is 0 Å². The lowest BCUT2D eigenvalue weighted by Gasteiger charge is -2.17. The SMILES string of the molecule is CC(C)c1cc(/C(N)=C/N(N)Cc2ccc3ccccc3c2)c(O)cc1O. The summed E-state index contributed by atoms with van der Waals surface area (Å²) in [6, 6.07) is 17.3. The van der Waals surface area contributed by atoms with Crippen LogP contribution < -0.4 is 11.6 Å². The minimum atomic E-state index is -0.0789. The second-order valence-corrected chi connectivity index (χ2v) is 7.02. The number of nitrogens with zero attached hydrogens (tertiary/aromatic N) is 1. The number of hydrogen-bond donors (Lipinski definition) is 4. The highest BCUT2D eigenvalue weighted by atomic mass is 16.3. The van der Waals surface area contributed by atoms with Gasteiger partial charge in [-0.15, -0.1) is 0 Å². The van der Waals surface area contributed by atoms with Crippen molar-refractivity contribution in [3.05, 3.63) is 77.5 Å². The van der Waals surface area contributed by atoms with Gasteiger partial charge in [0.05, 0.1) is 12.2 Å². The first-order chi connectivity index (χ1) is 12.8. The summed E-state index contributed by atoms with van der Waals surface area (Å²) in [5.74, 6) is 6.19. The fourth-order valence-electron chi connectivity index (χ4n) is 3.13. The van der Waals surface area contributed by atoms with E-state index in [1.54, 1.807) is 12.3 Å². The highest BCUT2D eigenvalue weighted by molar-refractivity contribution is 5.83. The van der Waals surface area contributed by atoms with E-state index >= 15 is 0 Å². The van der Waals surface area contributed by atoms with Crippen molar-refractivity contribution < 1.29 is 10.2 Å². The third kappa shape index (κ3) is 4.15. The maximum Gasteiger partial charge on any atom is 0.128 e. The summed E-state index contributed by atoms with van der Waals surface area (Å²) in [6.45, 7) is 4.40. The molecule has 0 bridgehead atoms. The topological polar surface area (TPSA) is 95.7 Å². The predicted octanol–water partition coefficient (Wildman–Crippen LogP) is 4.01. The van der Waals surface area contributed by atoms with Crippen LogP contribution in [0.15, 0.2) is 60.8 Å². The molecule has 0 saturated carbocycles. The Morgan fingerprint density at radius 2 is 1.70 bits per heavy atom. The largest absolute Gasteiger partial charge is 0.508 e. The maximum atomic E-state index is 10.1. The minimum Gasteiger partial charge on any atom is -0.508 e. The lowest BCUT2D eigenvalue weighted by atomic mass is 9.98. The molecular weight excluding hydrogens is 338 g/mol. The van der Waals surface area contributed by atoms with Crippen LogP contribution in [0, 0.1) is 0 Å². The Kier molecular flexibility index (Phi) is 5.23. The summed E-state index contributed by atoms with van der Waals surface area (Å²) in [7, 11) is 0. The third-order valence-electron chi connectivity index (χ3n) is 4.56. The number of rotatable bonds is 5. The van der Waals surface area contributed by atoms with E-state index in [1.165, 1.54) is 16.5 Å². The standard InChI is InChI=1S/C22H25N3O2/c1-14(2)18-10-19(22(27)11-21(18)26)20(23)13-25(24)12-15-7-8-16-5-3-4-6-17(16)9-15/h3-11,13-14,26-27H,12,23-24H2,1-2H3/b20-13-. The third-order valence-corrected chi connectivity index (χ3v) is 4.56. The van der Waals surface area contributed by atoms with Gasteiger partial charge in [-0.2, -0.15) is 0 Å². The van der Waals surface area contributed by atoms with Crippen molar-refractivity contribution in [2.45, 2.75) is 26.3 Å². The Balaban J connectivity index is 1.83. The molecule has 5 heteroatoms. The number of benzene rings is 3. The first kappa shape index (κ1) is 18.6. The minimum absolute atomic E-state index is 0.0554. The van der Waals surface area contributed by atoms with Crippen LogP contribution in [0.5, 0.6) is 11.5 Å². The number of phenols is 2. The van der Waals surface area contributed by atoms with Gasteiger partial charge in [-0.05, 0) is 39.9 Å². The monoisotopic (exact) mass is 363 g/mol. The van der Waals surface area contributed by atoms with E-state index in [2.05, 4.69) is 24.3 Å². The molecule has 0 aliphatic carbocycles. The van der Waals surface area contributed by atoms with Crippen LogP contribution in [0.3, 0.4) is 0 Å². The normalized spacial score (nSPS) is 11.9. The summed E-state index contributed by atoms with van der Waals surface area (Å²) in [5, 5.41) is 23.9. The molecule has 27 heavy (non-hydrogen) atoms. The summed E-state index contributed by atoms with van der Waals surface area (Å²) < 4.78 is 0. The number of nitrogens with two attached hydrogens (primary N) is 2. The molecule has 0 fully saturated rings. The maximum absolute atomic E-state index is 10.1. The molecule has 3 rings (SSSR count). The molecule has 0 atom stereocenters. The van der Waals surface area contributed by atoms with Gasteiger partial charge < -0.3 is 21.0 Å². The molecule has 0 heterocycles. The van der Waals surface area contributed by atoms with Crippen molar-refractivity contribution >= 4 is 16.5 Å². The van der Waals surface area contributed by atoms with Crippen LogP contribution in [0.25, 0.3) is 16.5 Å². The van der Waals surface area contributed by atoms with Gasteiger partial charge in [0, 0.05) is 17.8 Å². The van der Waals surface area contributed by atoms with E-state index < -0.39 is 0 Å². The highest BCUT2D eigenvalue weighted by Crippen LogP contribution is 2.34. The average Bonchev–Trinajstić information content (AvgIpc) is 2.61. The van der Waals surface area contributed by atoms with Crippen molar-refractivity contribution in [3.8, 4) is 11.5 Å². The van der Waals surface area contributed by atoms with Crippen LogP contribution in [-0.4, -0.2) is 15.2 Å². The van der Waals surface area contributed by atoms with E-state index in [-0.39, 0.29) is 17.4 Å². The van der Waals surface area contributed by atoms with Crippen molar-refractivity contribution in [3.63, 3.8) is 0 Å². The summed E-state index contributed by atoms with van der Waals surface area (Å²) >= 11 is 0. The van der Waals surface area contributed by atoms with Crippen molar-refractivity contribution in [2.75, 3.05) is 0 Å². The van der Waals surface area contributed by atoms with E-state index in [0.29, 0.717) is 17.8 Å². The fourth-order valence-corrected chi connectivity index (χ4v) is 3.13. The smallest absolute Gasteiger partial charge is 0.128 e. The lowest BCUT2D eigenvalue weighted by Crippen LogP contribution is -2.25. The molecule has 140 valence electrons. The molecule has 0 unspecified atom stereocenters. The Bertz CT molecular complexity index is 996. The van der Waals surface area contributed by atoms with Gasteiger partial charge in [0.1, 0.15) is 11.5 Å². The first-order valence-corrected chi connectivity index (χ1v) is 8.87. The Morgan fingerprint density at radius 1 is 1.00 bits per heavy atom. The number of aromatic hydroxyl groups is 2. The molecule has 0 aliphatic heterocycles. The van der Waals surface area contributed by atoms with Gasteiger partial charge in [-0.1, -0.05) is 50.2 Å². The lowest BCUT2D eigenvalue weighted by molar-refractivity contribution is 0.387. The molecule has 0 spiro atoms. The van der Waals surface area contributed by atoms with Gasteiger partial charge in [0.2, 0.25) is 0 Å². The first-order valence-electron chi connectivity index (χ1n) is 8.87. The van der Waals surface area contributed by atoms with Crippen molar-refractivity contribution in [1.29, 1.82) is 0 Å². The molecule has 3 aromatic rings. The molecular formula is C22H25N3O2. The number of hydrazine groups is 1. The Hall–Kier alpha value is -3.18. The van der Waals surface area contributed by atoms with Crippen LogP contribution in [0.2, 0.25) is 0 Å². The fraction of sp³-hybridized carbons (Fsp3) is 0.182. The van der Waals surface area contributed by atoms with Crippen LogP contribution in [-0.2, 0) is 6.54 Å². The van der Waals surface area contributed by atoms with Crippen molar-refractivity contribution in [2.24, 2.45) is 11.6 Å². The molecule has 5 nitrogen and oxygen atoms in total. The molecule has 0 radical (unpaired) electrons. The summed E-state index contributed by atoms with van der Waals surface area (Å²) in [4.78, 5) is 0. The molecule has 6 N–H and O–H groups in total. The Morgan fingerprint density at radius 3 is 2.41 bits per heavy atom. The molecule has 3 aromatic carbocycles. The van der Waals surface area contributed by atoms with Gasteiger partial charge >= 0.3 is 0 Å². The highest BCUT2D eigenvalue weighted by Gasteiger charge is 2.13.